The molecule has 134 valence electrons. The lowest BCUT2D eigenvalue weighted by atomic mass is 10.2. The average molecular weight is 408 g/mol. The molecule has 1 aliphatic heterocycles. The van der Waals surface area contributed by atoms with Crippen LogP contribution in [0.1, 0.15) is 23.3 Å². The highest BCUT2D eigenvalue weighted by Gasteiger charge is 2.29. The minimum absolute atomic E-state index is 0.0241. The fraction of sp³-hybridized carbons (Fsp3) is 0.278. The number of anilines is 1. The van der Waals surface area contributed by atoms with E-state index in [4.69, 9.17) is 27.9 Å². The summed E-state index contributed by atoms with van der Waals surface area (Å²) in [5, 5.41) is 1.08. The van der Waals surface area contributed by atoms with Crippen molar-refractivity contribution in [1.29, 1.82) is 0 Å². The van der Waals surface area contributed by atoms with Crippen molar-refractivity contribution in [2.24, 2.45) is 0 Å². The van der Waals surface area contributed by atoms with E-state index in [0.717, 1.165) is 23.1 Å². The van der Waals surface area contributed by atoms with Gasteiger partial charge in [-0.1, -0.05) is 46.7 Å². The number of fused-ring (bicyclic) bond motifs is 1. The van der Waals surface area contributed by atoms with Crippen LogP contribution in [-0.2, 0) is 4.74 Å². The molecule has 5 nitrogen and oxygen atoms in total. The summed E-state index contributed by atoms with van der Waals surface area (Å²) in [6, 6.07) is 10.9. The number of hydrogen-bond acceptors (Lipinski definition) is 5. The quantitative estimate of drug-likeness (QED) is 0.581. The van der Waals surface area contributed by atoms with Gasteiger partial charge in [-0.25, -0.2) is 9.97 Å². The van der Waals surface area contributed by atoms with Gasteiger partial charge in [0.25, 0.3) is 5.91 Å². The van der Waals surface area contributed by atoms with Crippen LogP contribution in [0.5, 0.6) is 0 Å². The zero-order valence-corrected chi connectivity index (χ0v) is 16.0. The summed E-state index contributed by atoms with van der Waals surface area (Å²) >= 11 is 13.6. The summed E-state index contributed by atoms with van der Waals surface area (Å²) in [7, 11) is 0. The minimum atomic E-state index is -0.327. The van der Waals surface area contributed by atoms with Crippen LogP contribution < -0.4 is 4.90 Å². The normalized spacial score (nSPS) is 16.9. The molecule has 2 aromatic heterocycles. The summed E-state index contributed by atoms with van der Waals surface area (Å²) in [5.41, 5.74) is 0.971. The summed E-state index contributed by atoms with van der Waals surface area (Å²) in [4.78, 5) is 23.6. The van der Waals surface area contributed by atoms with Crippen molar-refractivity contribution in [3.05, 3.63) is 52.3 Å². The number of para-hydroxylation sites is 1. The molecule has 1 fully saturated rings. The van der Waals surface area contributed by atoms with E-state index in [9.17, 15) is 4.79 Å². The molecule has 4 rings (SSSR count). The highest BCUT2D eigenvalue weighted by atomic mass is 35.5. The Morgan fingerprint density at radius 1 is 1.23 bits per heavy atom. The Morgan fingerprint density at radius 2 is 2.08 bits per heavy atom. The van der Waals surface area contributed by atoms with E-state index < -0.39 is 0 Å². The molecule has 8 heteroatoms. The Hall–Kier alpha value is -1.73. The van der Waals surface area contributed by atoms with Crippen molar-refractivity contribution < 1.29 is 9.53 Å². The Kier molecular flexibility index (Phi) is 5.09. The molecule has 1 aliphatic rings. The van der Waals surface area contributed by atoms with E-state index in [1.165, 1.54) is 11.3 Å². The molecule has 0 bridgehead atoms. The maximum atomic E-state index is 13.2. The van der Waals surface area contributed by atoms with Crippen LogP contribution in [0.25, 0.3) is 10.2 Å². The number of pyridine rings is 1. The van der Waals surface area contributed by atoms with E-state index in [1.807, 2.05) is 24.3 Å². The maximum Gasteiger partial charge on any atom is 0.280 e. The van der Waals surface area contributed by atoms with Crippen LogP contribution in [0.2, 0.25) is 10.2 Å². The summed E-state index contributed by atoms with van der Waals surface area (Å²) in [5.74, 6) is -0.327. The highest BCUT2D eigenvalue weighted by molar-refractivity contribution is 7.22. The molecule has 0 aliphatic carbocycles. The van der Waals surface area contributed by atoms with Gasteiger partial charge >= 0.3 is 0 Å². The first-order chi connectivity index (χ1) is 12.6. The molecule has 0 N–H and O–H groups in total. The van der Waals surface area contributed by atoms with Crippen LogP contribution in [0, 0.1) is 0 Å². The second kappa shape index (κ2) is 7.48. The number of carbonyl (C=O) groups is 1. The van der Waals surface area contributed by atoms with Crippen LogP contribution in [0.4, 0.5) is 5.13 Å². The third-order valence-corrected chi connectivity index (χ3v) is 5.76. The number of rotatable bonds is 4. The van der Waals surface area contributed by atoms with Crippen molar-refractivity contribution in [1.82, 2.24) is 9.97 Å². The monoisotopic (exact) mass is 407 g/mol. The number of ether oxygens (including phenoxy) is 1. The predicted octanol–water partition coefficient (Wildman–Crippen LogP) is 4.82. The highest BCUT2D eigenvalue weighted by Crippen LogP contribution is 2.31. The smallest absolute Gasteiger partial charge is 0.280 e. The Labute approximate surface area is 164 Å². The Morgan fingerprint density at radius 3 is 2.85 bits per heavy atom. The minimum Gasteiger partial charge on any atom is -0.376 e. The van der Waals surface area contributed by atoms with E-state index in [1.54, 1.807) is 17.0 Å². The van der Waals surface area contributed by atoms with Crippen molar-refractivity contribution >= 4 is 55.8 Å². The van der Waals surface area contributed by atoms with Gasteiger partial charge in [-0.3, -0.25) is 9.69 Å². The topological polar surface area (TPSA) is 55.3 Å². The lowest BCUT2D eigenvalue weighted by Crippen LogP contribution is -2.38. The summed E-state index contributed by atoms with van der Waals surface area (Å²) < 4.78 is 6.73. The SMILES string of the molecule is O=C(c1nc(Cl)ccc1Cl)N(CC1CCCO1)c1nc2ccccc2s1. The van der Waals surface area contributed by atoms with Gasteiger partial charge in [0.05, 0.1) is 27.9 Å². The number of benzene rings is 1. The van der Waals surface area contributed by atoms with Gasteiger partial charge < -0.3 is 4.74 Å². The molecular weight excluding hydrogens is 393 g/mol. The average Bonchev–Trinajstić information content (AvgIpc) is 3.30. The fourth-order valence-electron chi connectivity index (χ4n) is 2.91. The third-order valence-electron chi connectivity index (χ3n) is 4.18. The molecule has 26 heavy (non-hydrogen) atoms. The molecule has 1 amide bonds. The number of thiazole rings is 1. The van der Waals surface area contributed by atoms with Gasteiger partial charge in [0, 0.05) is 6.61 Å². The molecule has 1 saturated heterocycles. The third kappa shape index (κ3) is 3.55. The number of amides is 1. The van der Waals surface area contributed by atoms with Gasteiger partial charge in [-0.05, 0) is 37.1 Å². The van der Waals surface area contributed by atoms with E-state index >= 15 is 0 Å². The number of hydrogen-bond donors (Lipinski definition) is 0. The van der Waals surface area contributed by atoms with Gasteiger partial charge in [0.15, 0.2) is 5.13 Å². The van der Waals surface area contributed by atoms with Gasteiger partial charge in [0.1, 0.15) is 10.8 Å². The molecule has 0 saturated carbocycles. The first kappa shape index (κ1) is 17.7. The lowest BCUT2D eigenvalue weighted by molar-refractivity contribution is 0.0913. The summed E-state index contributed by atoms with van der Waals surface area (Å²) in [6.07, 6.45) is 1.87. The van der Waals surface area contributed by atoms with Crippen LogP contribution >= 0.6 is 34.5 Å². The Bertz CT molecular complexity index is 924. The maximum absolute atomic E-state index is 13.2. The van der Waals surface area contributed by atoms with Crippen LogP contribution in [-0.4, -0.2) is 35.1 Å². The fourth-order valence-corrected chi connectivity index (χ4v) is 4.22. The molecular formula is C18H15Cl2N3O2S. The zero-order chi connectivity index (χ0) is 18.1. The zero-order valence-electron chi connectivity index (χ0n) is 13.7. The van der Waals surface area contributed by atoms with Gasteiger partial charge in [-0.2, -0.15) is 0 Å². The molecule has 3 aromatic rings. The molecule has 0 radical (unpaired) electrons. The number of aromatic nitrogens is 2. The van der Waals surface area contributed by atoms with Crippen molar-refractivity contribution in [2.45, 2.75) is 18.9 Å². The second-order valence-electron chi connectivity index (χ2n) is 5.98. The van der Waals surface area contributed by atoms with Crippen LogP contribution in [0.3, 0.4) is 0 Å². The van der Waals surface area contributed by atoms with E-state index in [2.05, 4.69) is 9.97 Å². The summed E-state index contributed by atoms with van der Waals surface area (Å²) in [6.45, 7) is 1.12. The standard InChI is InChI=1S/C18H15Cl2N3O2S/c19-12-7-8-15(20)22-16(12)17(24)23(10-11-4-3-9-25-11)18-21-13-5-1-2-6-14(13)26-18/h1-2,5-8,11H,3-4,9-10H2. The second-order valence-corrected chi connectivity index (χ2v) is 7.78. The molecule has 1 atom stereocenters. The van der Waals surface area contributed by atoms with Crippen molar-refractivity contribution in [3.8, 4) is 0 Å². The largest absolute Gasteiger partial charge is 0.376 e. The first-order valence-corrected chi connectivity index (χ1v) is 9.80. The number of nitrogens with zero attached hydrogens (tertiary/aromatic N) is 3. The molecule has 1 unspecified atom stereocenters. The first-order valence-electron chi connectivity index (χ1n) is 8.23. The molecule has 0 spiro atoms. The van der Waals surface area contributed by atoms with E-state index in [-0.39, 0.29) is 27.9 Å². The van der Waals surface area contributed by atoms with Crippen LogP contribution in [0.15, 0.2) is 36.4 Å². The van der Waals surface area contributed by atoms with Gasteiger partial charge in [0.2, 0.25) is 0 Å². The van der Waals surface area contributed by atoms with Gasteiger partial charge in [-0.15, -0.1) is 0 Å². The lowest BCUT2D eigenvalue weighted by Gasteiger charge is -2.23. The predicted molar refractivity (Wildman–Crippen MR) is 105 cm³/mol. The van der Waals surface area contributed by atoms with Crippen molar-refractivity contribution in [3.63, 3.8) is 0 Å². The van der Waals surface area contributed by atoms with Crippen molar-refractivity contribution in [2.75, 3.05) is 18.1 Å². The number of halogens is 2. The van der Waals surface area contributed by atoms with E-state index in [0.29, 0.717) is 18.3 Å². The molecule has 3 heterocycles. The Balaban J connectivity index is 1.74. The molecule has 1 aromatic carbocycles. The number of carbonyl (C=O) groups excluding carboxylic acids is 1.